The van der Waals surface area contributed by atoms with Crippen molar-refractivity contribution in [3.8, 4) is 20.9 Å². The monoisotopic (exact) mass is 1090 g/mol. The van der Waals surface area contributed by atoms with Gasteiger partial charge in [-0.2, -0.15) is 0 Å². The Balaban J connectivity index is 0.958. The summed E-state index contributed by atoms with van der Waals surface area (Å²) in [6.07, 6.45) is -1.49. The van der Waals surface area contributed by atoms with Crippen LogP contribution in [0.25, 0.3) is 20.9 Å². The zero-order valence-corrected chi connectivity index (χ0v) is 47.7. The lowest BCUT2D eigenvalue weighted by molar-refractivity contribution is -0.146. The highest BCUT2D eigenvalue weighted by molar-refractivity contribution is 7.13. The van der Waals surface area contributed by atoms with Crippen LogP contribution in [-0.2, 0) is 51.3 Å². The maximum atomic E-state index is 14.2. The van der Waals surface area contributed by atoms with E-state index < -0.39 is 93.9 Å². The molecular weight excluding hydrogens is 1010 g/mol. The zero-order valence-electron chi connectivity index (χ0n) is 46.1. The first-order valence-electron chi connectivity index (χ1n) is 25.9. The molecule has 20 heteroatoms. The summed E-state index contributed by atoms with van der Waals surface area (Å²) in [6, 6.07) is 11.7. The zero-order chi connectivity index (χ0) is 55.9. The predicted molar refractivity (Wildman–Crippen MR) is 293 cm³/mol. The van der Waals surface area contributed by atoms with Crippen LogP contribution in [0.1, 0.15) is 117 Å². The van der Waals surface area contributed by atoms with Gasteiger partial charge in [-0.25, -0.2) is 9.97 Å². The number of aliphatic hydroxyl groups excluding tert-OH is 2. The highest BCUT2D eigenvalue weighted by atomic mass is 32.1. The quantitative estimate of drug-likeness (QED) is 0.0577. The van der Waals surface area contributed by atoms with Crippen LogP contribution in [0, 0.1) is 24.7 Å². The molecule has 2 aliphatic heterocycles. The first kappa shape index (κ1) is 59.6. The molecule has 0 aliphatic carbocycles. The molecule has 0 bridgehead atoms. The Labute approximate surface area is 455 Å². The molecule has 0 radical (unpaired) electrons. The van der Waals surface area contributed by atoms with E-state index in [-0.39, 0.29) is 58.7 Å². The van der Waals surface area contributed by atoms with Crippen LogP contribution in [0.5, 0.6) is 0 Å². The Morgan fingerprint density at radius 2 is 1.03 bits per heavy atom. The SMILES string of the molecule is Cc1ncsc1-c1ccc(CNC(=O)[C@@H]2C[C@H](O)CN2C(=O)C(NC(=O)CC(C)(C)OCCC(C)(C)OCC(=O)N[C@H](C(=O)N2C[C@@H](O)C[C@H]2C(=O)NCc2ccc(-c3scnc3C)cc2)C(C)(C)C)C(C)(C)C)cc1. The van der Waals surface area contributed by atoms with E-state index in [1.807, 2.05) is 104 Å². The summed E-state index contributed by atoms with van der Waals surface area (Å²) in [7, 11) is 0. The minimum Gasteiger partial charge on any atom is -0.391 e. The number of hydrogen-bond donors (Lipinski definition) is 6. The van der Waals surface area contributed by atoms with Gasteiger partial charge in [0.25, 0.3) is 0 Å². The fourth-order valence-corrected chi connectivity index (χ4v) is 10.9. The van der Waals surface area contributed by atoms with E-state index in [1.165, 1.54) is 9.80 Å². The summed E-state index contributed by atoms with van der Waals surface area (Å²) < 4.78 is 12.3. The van der Waals surface area contributed by atoms with Crippen LogP contribution in [-0.4, -0.2) is 139 Å². The summed E-state index contributed by atoms with van der Waals surface area (Å²) >= 11 is 3.12. The predicted octanol–water partition coefficient (Wildman–Crippen LogP) is 5.84. The van der Waals surface area contributed by atoms with E-state index in [2.05, 4.69) is 31.2 Å². The van der Waals surface area contributed by atoms with Crippen molar-refractivity contribution in [2.75, 3.05) is 26.3 Å². The number of nitrogens with zero attached hydrogens (tertiary/aromatic N) is 4. The number of benzene rings is 2. The van der Waals surface area contributed by atoms with Gasteiger partial charge in [-0.3, -0.25) is 28.8 Å². The Kier molecular flexibility index (Phi) is 19.4. The number of nitrogens with one attached hydrogen (secondary N) is 4. The van der Waals surface area contributed by atoms with Gasteiger partial charge in [0.15, 0.2) is 0 Å². The Bertz CT molecular complexity index is 2670. The summed E-state index contributed by atoms with van der Waals surface area (Å²) in [5.74, 6) is -2.74. The summed E-state index contributed by atoms with van der Waals surface area (Å²) in [5.41, 5.74) is 5.91. The third-order valence-electron chi connectivity index (χ3n) is 13.8. The third-order valence-corrected chi connectivity index (χ3v) is 15.8. The van der Waals surface area contributed by atoms with Crippen LogP contribution >= 0.6 is 22.7 Å². The topological polar surface area (TPSA) is 242 Å². The molecule has 1 unspecified atom stereocenters. The van der Waals surface area contributed by atoms with E-state index in [0.29, 0.717) is 6.42 Å². The van der Waals surface area contributed by atoms with Gasteiger partial charge in [0.05, 0.1) is 68.6 Å². The number of aromatic nitrogens is 2. The van der Waals surface area contributed by atoms with Gasteiger partial charge >= 0.3 is 0 Å². The van der Waals surface area contributed by atoms with Crippen molar-refractivity contribution in [2.24, 2.45) is 10.8 Å². The largest absolute Gasteiger partial charge is 0.391 e. The number of β-amino-alcohol motifs (C(OH)–C–C–N with tert-alkyl or cyclic N) is 2. The number of aryl methyl sites for hydroxylation is 2. The molecule has 18 nitrogen and oxygen atoms in total. The smallest absolute Gasteiger partial charge is 0.246 e. The number of carbonyl (C=O) groups is 6. The van der Waals surface area contributed by atoms with Crippen LogP contribution < -0.4 is 21.3 Å². The van der Waals surface area contributed by atoms with E-state index in [0.717, 1.165) is 43.4 Å². The van der Waals surface area contributed by atoms with Crippen molar-refractivity contribution in [3.05, 3.63) is 82.1 Å². The van der Waals surface area contributed by atoms with Gasteiger partial charge in [-0.1, -0.05) is 90.1 Å². The standard InChI is InChI=1S/C56H78N8O10S2/c1-33-45(75-31-59-33)37-17-13-35(14-18-37)26-57-49(69)41-23-39(65)28-63(41)51(71)47(53(3,4)5)61-43(67)25-56(11,12)73-22-21-55(9,10)74-30-44(68)62-48(54(6,7)8)52(72)64-29-40(66)24-42(64)50(70)58-27-36-15-19-38(20-16-36)46-34(2)60-32-76-46/h13-20,31-32,39-42,47-48,65-66H,21-30H2,1-12H3,(H,57,69)(H,58,70)(H,61,67)(H,62,68)/t39-,40-,41-,42-,47?,48+/m0/s1. The second-order valence-electron chi connectivity index (χ2n) is 23.5. The lowest BCUT2D eigenvalue weighted by Gasteiger charge is -2.36. The molecule has 6 amide bonds. The average Bonchev–Trinajstić information content (AvgIpc) is 4.16. The number of aliphatic hydroxyl groups is 2. The molecule has 6 N–H and O–H groups in total. The summed E-state index contributed by atoms with van der Waals surface area (Å²) in [6.45, 7) is 22.0. The summed E-state index contributed by atoms with van der Waals surface area (Å²) in [5, 5.41) is 32.9. The van der Waals surface area contributed by atoms with Gasteiger partial charge < -0.3 is 50.8 Å². The molecule has 6 atom stereocenters. The fourth-order valence-electron chi connectivity index (χ4n) is 9.32. The molecule has 76 heavy (non-hydrogen) atoms. The minimum atomic E-state index is -1.04. The molecule has 0 spiro atoms. The molecule has 0 saturated carbocycles. The van der Waals surface area contributed by atoms with Crippen molar-refractivity contribution in [3.63, 3.8) is 0 Å². The number of rotatable bonds is 21. The molecule has 4 aromatic rings. The third kappa shape index (κ3) is 16.0. The number of thiazole rings is 2. The molecule has 2 aliphatic rings. The normalized spacial score (nSPS) is 19.0. The highest BCUT2D eigenvalue weighted by Crippen LogP contribution is 2.31. The molecule has 2 saturated heterocycles. The van der Waals surface area contributed by atoms with E-state index in [1.54, 1.807) is 61.4 Å². The second kappa shape index (κ2) is 24.8. The number of ether oxygens (including phenoxy) is 2. The van der Waals surface area contributed by atoms with Crippen LogP contribution in [0.4, 0.5) is 0 Å². The number of hydrogen-bond acceptors (Lipinski definition) is 14. The molecular formula is C56H78N8O10S2. The van der Waals surface area contributed by atoms with Gasteiger partial charge in [-0.15, -0.1) is 22.7 Å². The van der Waals surface area contributed by atoms with Gasteiger partial charge in [0, 0.05) is 39.0 Å². The van der Waals surface area contributed by atoms with Gasteiger partial charge in [0.2, 0.25) is 35.4 Å². The molecule has 414 valence electrons. The lowest BCUT2D eigenvalue weighted by atomic mass is 9.85. The Morgan fingerprint density at radius 3 is 1.41 bits per heavy atom. The van der Waals surface area contributed by atoms with Crippen LogP contribution in [0.3, 0.4) is 0 Å². The van der Waals surface area contributed by atoms with Crippen molar-refractivity contribution in [1.29, 1.82) is 0 Å². The van der Waals surface area contributed by atoms with Crippen molar-refractivity contribution >= 4 is 58.1 Å². The van der Waals surface area contributed by atoms with Crippen LogP contribution in [0.2, 0.25) is 0 Å². The summed E-state index contributed by atoms with van der Waals surface area (Å²) in [4.78, 5) is 96.3. The van der Waals surface area contributed by atoms with E-state index in [9.17, 15) is 39.0 Å². The van der Waals surface area contributed by atoms with Crippen molar-refractivity contribution in [2.45, 2.75) is 169 Å². The average molecular weight is 1090 g/mol. The Hall–Kier alpha value is -5.64. The molecule has 2 aromatic heterocycles. The van der Waals surface area contributed by atoms with E-state index >= 15 is 0 Å². The minimum absolute atomic E-state index is 0.0530. The fraction of sp³-hybridized carbons (Fsp3) is 0.571. The lowest BCUT2D eigenvalue weighted by Crippen LogP contribution is -2.58. The molecule has 2 aromatic carbocycles. The first-order chi connectivity index (χ1) is 35.5. The second-order valence-corrected chi connectivity index (χ2v) is 25.2. The molecule has 4 heterocycles. The highest BCUT2D eigenvalue weighted by Gasteiger charge is 2.46. The number of amides is 6. The number of likely N-dealkylation sites (tertiary alicyclic amines) is 2. The number of carbonyl (C=O) groups excluding carboxylic acids is 6. The van der Waals surface area contributed by atoms with E-state index in [4.69, 9.17) is 9.47 Å². The maximum absolute atomic E-state index is 14.2. The van der Waals surface area contributed by atoms with Gasteiger partial charge in [-0.05, 0) is 81.0 Å². The Morgan fingerprint density at radius 1 is 0.618 bits per heavy atom. The van der Waals surface area contributed by atoms with Crippen molar-refractivity contribution < 1.29 is 48.5 Å². The van der Waals surface area contributed by atoms with Gasteiger partial charge in [0.1, 0.15) is 30.8 Å². The molecule has 2 fully saturated rings. The molecule has 6 rings (SSSR count). The first-order valence-corrected chi connectivity index (χ1v) is 27.7. The van der Waals surface area contributed by atoms with Crippen molar-refractivity contribution in [1.82, 2.24) is 41.0 Å². The maximum Gasteiger partial charge on any atom is 0.246 e. The van der Waals surface area contributed by atoms with Crippen LogP contribution in [0.15, 0.2) is 59.6 Å².